The normalized spacial score (nSPS) is 13.6. The largest absolute Gasteiger partial charge is 0.356 e. The molecule has 2 aromatic rings. The molecular formula is C15H12FN3O2. The molecule has 3 rings (SSSR count). The summed E-state index contributed by atoms with van der Waals surface area (Å²) in [6.07, 6.45) is 0.462. The number of carbonyl (C=O) groups excluding carboxylic acids is 1. The van der Waals surface area contributed by atoms with E-state index < -0.39 is 0 Å². The van der Waals surface area contributed by atoms with Crippen LogP contribution in [0, 0.1) is 17.1 Å². The van der Waals surface area contributed by atoms with Gasteiger partial charge < -0.3 is 9.42 Å². The molecule has 0 aliphatic carbocycles. The molecule has 0 unspecified atom stereocenters. The first-order valence-corrected chi connectivity index (χ1v) is 6.57. The number of benzene rings is 1. The maximum atomic E-state index is 13.0. The number of rotatable bonds is 2. The molecule has 2 heterocycles. The Morgan fingerprint density at radius 1 is 1.43 bits per heavy atom. The summed E-state index contributed by atoms with van der Waals surface area (Å²) in [6.45, 7) is 0.898. The van der Waals surface area contributed by atoms with Crippen LogP contribution in [0.2, 0.25) is 0 Å². The van der Waals surface area contributed by atoms with Gasteiger partial charge in [-0.15, -0.1) is 0 Å². The molecule has 0 radical (unpaired) electrons. The van der Waals surface area contributed by atoms with E-state index in [4.69, 9.17) is 9.78 Å². The first-order chi connectivity index (χ1) is 10.2. The van der Waals surface area contributed by atoms with E-state index in [0.717, 1.165) is 16.8 Å². The topological polar surface area (TPSA) is 70.1 Å². The van der Waals surface area contributed by atoms with Crippen molar-refractivity contribution in [1.29, 1.82) is 5.26 Å². The lowest BCUT2D eigenvalue weighted by Gasteiger charge is -2.25. The van der Waals surface area contributed by atoms with Crippen LogP contribution in [0.25, 0.3) is 11.3 Å². The highest BCUT2D eigenvalue weighted by atomic mass is 19.1. The summed E-state index contributed by atoms with van der Waals surface area (Å²) in [5.41, 5.74) is 2.37. The summed E-state index contributed by atoms with van der Waals surface area (Å²) >= 11 is 0. The SMILES string of the molecule is N#CCC(=O)N1CCc2noc(-c3ccc(F)cc3)c2C1. The fraction of sp³-hybridized carbons (Fsp3) is 0.267. The van der Waals surface area contributed by atoms with Gasteiger partial charge in [-0.05, 0) is 24.3 Å². The van der Waals surface area contributed by atoms with E-state index in [-0.39, 0.29) is 18.1 Å². The van der Waals surface area contributed by atoms with Gasteiger partial charge in [0, 0.05) is 24.1 Å². The monoisotopic (exact) mass is 285 g/mol. The molecule has 1 aliphatic rings. The number of hydrogen-bond acceptors (Lipinski definition) is 4. The second-order valence-electron chi connectivity index (χ2n) is 4.84. The Labute approximate surface area is 120 Å². The van der Waals surface area contributed by atoms with E-state index in [2.05, 4.69) is 5.16 Å². The molecule has 0 saturated carbocycles. The summed E-state index contributed by atoms with van der Waals surface area (Å²) in [4.78, 5) is 13.4. The Balaban J connectivity index is 1.91. The number of aromatic nitrogens is 1. The first kappa shape index (κ1) is 13.3. The fourth-order valence-corrected chi connectivity index (χ4v) is 2.43. The highest BCUT2D eigenvalue weighted by Gasteiger charge is 2.27. The standard InChI is InChI=1S/C15H12FN3O2/c16-11-3-1-10(2-4-11)15-12-9-19(14(20)5-7-17)8-6-13(12)18-21-15/h1-4H,5-6,8-9H2. The van der Waals surface area contributed by atoms with Crippen molar-refractivity contribution in [3.63, 3.8) is 0 Å². The van der Waals surface area contributed by atoms with Crippen molar-refractivity contribution in [2.75, 3.05) is 6.54 Å². The number of nitrogens with zero attached hydrogens (tertiary/aromatic N) is 3. The predicted octanol–water partition coefficient (Wildman–Crippen LogP) is 2.28. The van der Waals surface area contributed by atoms with E-state index in [9.17, 15) is 9.18 Å². The van der Waals surface area contributed by atoms with Gasteiger partial charge in [-0.3, -0.25) is 4.79 Å². The van der Waals surface area contributed by atoms with Gasteiger partial charge in [0.2, 0.25) is 5.91 Å². The van der Waals surface area contributed by atoms with Gasteiger partial charge in [0.1, 0.15) is 12.2 Å². The maximum absolute atomic E-state index is 13.0. The Bertz CT molecular complexity index is 716. The van der Waals surface area contributed by atoms with Crippen LogP contribution in [0.4, 0.5) is 4.39 Å². The zero-order valence-corrected chi connectivity index (χ0v) is 11.2. The Morgan fingerprint density at radius 2 is 2.19 bits per heavy atom. The molecule has 1 amide bonds. The lowest BCUT2D eigenvalue weighted by molar-refractivity contribution is -0.131. The first-order valence-electron chi connectivity index (χ1n) is 6.57. The summed E-state index contributed by atoms with van der Waals surface area (Å²) in [6, 6.07) is 7.80. The molecule has 5 nitrogen and oxygen atoms in total. The van der Waals surface area contributed by atoms with Crippen LogP contribution in [0.5, 0.6) is 0 Å². The number of fused-ring (bicyclic) bond motifs is 1. The van der Waals surface area contributed by atoms with Crippen molar-refractivity contribution in [1.82, 2.24) is 10.1 Å². The molecule has 0 fully saturated rings. The van der Waals surface area contributed by atoms with Gasteiger partial charge >= 0.3 is 0 Å². The molecule has 6 heteroatoms. The summed E-state index contributed by atoms with van der Waals surface area (Å²) in [5, 5.41) is 12.6. The maximum Gasteiger partial charge on any atom is 0.237 e. The third-order valence-corrected chi connectivity index (χ3v) is 3.53. The minimum absolute atomic E-state index is 0.132. The van der Waals surface area contributed by atoms with E-state index in [1.54, 1.807) is 17.0 Å². The van der Waals surface area contributed by atoms with Crippen LogP contribution in [0.15, 0.2) is 28.8 Å². The van der Waals surface area contributed by atoms with E-state index in [1.165, 1.54) is 12.1 Å². The van der Waals surface area contributed by atoms with Gasteiger partial charge in [-0.25, -0.2) is 4.39 Å². The Morgan fingerprint density at radius 3 is 2.90 bits per heavy atom. The zero-order chi connectivity index (χ0) is 14.8. The van der Waals surface area contributed by atoms with Crippen LogP contribution in [0.3, 0.4) is 0 Å². The van der Waals surface area contributed by atoms with E-state index in [1.807, 2.05) is 6.07 Å². The second kappa shape index (κ2) is 5.37. The third kappa shape index (κ3) is 2.50. The van der Waals surface area contributed by atoms with E-state index in [0.29, 0.717) is 25.3 Å². The molecule has 1 aromatic carbocycles. The summed E-state index contributed by atoms with van der Waals surface area (Å²) < 4.78 is 18.3. The van der Waals surface area contributed by atoms with Gasteiger partial charge in [0.15, 0.2) is 5.76 Å². The summed E-state index contributed by atoms with van der Waals surface area (Å²) in [5.74, 6) is 0.0341. The van der Waals surface area contributed by atoms with Crippen molar-refractivity contribution in [3.05, 3.63) is 41.3 Å². The molecular weight excluding hydrogens is 273 g/mol. The van der Waals surface area contributed by atoms with Gasteiger partial charge in [0.25, 0.3) is 0 Å². The van der Waals surface area contributed by atoms with Crippen molar-refractivity contribution >= 4 is 5.91 Å². The molecule has 0 N–H and O–H groups in total. The Hall–Kier alpha value is -2.68. The number of amides is 1. The minimum atomic E-state index is -0.321. The average molecular weight is 285 g/mol. The van der Waals surface area contributed by atoms with Crippen LogP contribution in [0.1, 0.15) is 17.7 Å². The fourth-order valence-electron chi connectivity index (χ4n) is 2.43. The van der Waals surface area contributed by atoms with Crippen LogP contribution in [-0.2, 0) is 17.8 Å². The molecule has 1 aromatic heterocycles. The van der Waals surface area contributed by atoms with Crippen molar-refractivity contribution in [2.24, 2.45) is 0 Å². The molecule has 21 heavy (non-hydrogen) atoms. The minimum Gasteiger partial charge on any atom is -0.356 e. The van der Waals surface area contributed by atoms with Gasteiger partial charge in [-0.1, -0.05) is 5.16 Å². The molecule has 0 saturated heterocycles. The molecule has 0 bridgehead atoms. The highest BCUT2D eigenvalue weighted by molar-refractivity contribution is 5.79. The lowest BCUT2D eigenvalue weighted by Crippen LogP contribution is -2.35. The van der Waals surface area contributed by atoms with Crippen molar-refractivity contribution < 1.29 is 13.7 Å². The molecule has 0 spiro atoms. The molecule has 0 atom stereocenters. The van der Waals surface area contributed by atoms with Gasteiger partial charge in [0.05, 0.1) is 18.3 Å². The van der Waals surface area contributed by atoms with Crippen molar-refractivity contribution in [3.8, 4) is 17.4 Å². The quantitative estimate of drug-likeness (QED) is 0.848. The average Bonchev–Trinajstić information content (AvgIpc) is 2.91. The number of hydrogen-bond donors (Lipinski definition) is 0. The number of halogens is 1. The summed E-state index contributed by atoms with van der Waals surface area (Å²) in [7, 11) is 0. The smallest absolute Gasteiger partial charge is 0.237 e. The lowest BCUT2D eigenvalue weighted by atomic mass is 10.0. The van der Waals surface area contributed by atoms with Crippen LogP contribution >= 0.6 is 0 Å². The number of nitriles is 1. The predicted molar refractivity (Wildman–Crippen MR) is 71.2 cm³/mol. The van der Waals surface area contributed by atoms with Crippen molar-refractivity contribution in [2.45, 2.75) is 19.4 Å². The number of carbonyl (C=O) groups is 1. The van der Waals surface area contributed by atoms with E-state index >= 15 is 0 Å². The Kier molecular flexibility index (Phi) is 3.40. The molecule has 1 aliphatic heterocycles. The highest BCUT2D eigenvalue weighted by Crippen LogP contribution is 2.30. The molecule has 106 valence electrons. The third-order valence-electron chi connectivity index (χ3n) is 3.53. The zero-order valence-electron chi connectivity index (χ0n) is 11.2. The van der Waals surface area contributed by atoms with Crippen LogP contribution < -0.4 is 0 Å². The van der Waals surface area contributed by atoms with Gasteiger partial charge in [-0.2, -0.15) is 5.26 Å². The van der Waals surface area contributed by atoms with Crippen LogP contribution in [-0.4, -0.2) is 22.5 Å². The second-order valence-corrected chi connectivity index (χ2v) is 4.84.